The Bertz CT molecular complexity index is 950. The van der Waals surface area contributed by atoms with E-state index in [9.17, 15) is 10.1 Å². The number of rotatable bonds is 4. The van der Waals surface area contributed by atoms with Gasteiger partial charge < -0.3 is 19.7 Å². The van der Waals surface area contributed by atoms with Gasteiger partial charge in [0.15, 0.2) is 16.6 Å². The van der Waals surface area contributed by atoms with Gasteiger partial charge in [0.25, 0.3) is 5.69 Å². The molecule has 1 N–H and O–H groups in total. The molecule has 0 radical (unpaired) electrons. The number of nitrogens with one attached hydrogen (secondary N) is 1. The van der Waals surface area contributed by atoms with Crippen LogP contribution in [0.25, 0.3) is 0 Å². The van der Waals surface area contributed by atoms with Crippen LogP contribution in [0.1, 0.15) is 5.56 Å². The largest absolute Gasteiger partial charge is 0.454 e. The number of hydrogen-bond acceptors (Lipinski definition) is 6. The average Bonchev–Trinajstić information content (AvgIpc) is 3.18. The SMILES string of the molecule is O=[N+]([O-])c1ccc(Cl)c(NC(=S)N2CCN(Cc3ccc4c(c3)OCO4)CC2)c1. The van der Waals surface area contributed by atoms with Gasteiger partial charge >= 0.3 is 0 Å². The van der Waals surface area contributed by atoms with Crippen molar-refractivity contribution in [2.75, 3.05) is 38.3 Å². The Hall–Kier alpha value is -2.62. The second-order valence-electron chi connectivity index (χ2n) is 6.80. The summed E-state index contributed by atoms with van der Waals surface area (Å²) in [5, 5.41) is 14.9. The zero-order chi connectivity index (χ0) is 20.4. The van der Waals surface area contributed by atoms with E-state index < -0.39 is 4.92 Å². The highest BCUT2D eigenvalue weighted by molar-refractivity contribution is 7.80. The smallest absolute Gasteiger partial charge is 0.271 e. The molecule has 0 saturated carbocycles. The fourth-order valence-electron chi connectivity index (χ4n) is 3.32. The van der Waals surface area contributed by atoms with Crippen LogP contribution < -0.4 is 14.8 Å². The monoisotopic (exact) mass is 434 g/mol. The number of fused-ring (bicyclic) bond motifs is 1. The predicted molar refractivity (Wildman–Crippen MR) is 114 cm³/mol. The molecule has 0 atom stereocenters. The molecule has 2 aliphatic rings. The van der Waals surface area contributed by atoms with Gasteiger partial charge in [0.1, 0.15) is 0 Å². The van der Waals surface area contributed by atoms with Crippen LogP contribution in [0.2, 0.25) is 5.02 Å². The van der Waals surface area contributed by atoms with Crippen molar-refractivity contribution in [1.82, 2.24) is 9.80 Å². The van der Waals surface area contributed by atoms with Crippen molar-refractivity contribution in [3.8, 4) is 11.5 Å². The number of anilines is 1. The highest BCUT2D eigenvalue weighted by atomic mass is 35.5. The topological polar surface area (TPSA) is 80.1 Å². The summed E-state index contributed by atoms with van der Waals surface area (Å²) in [6.07, 6.45) is 0. The molecule has 1 fully saturated rings. The van der Waals surface area contributed by atoms with E-state index in [4.69, 9.17) is 33.3 Å². The van der Waals surface area contributed by atoms with E-state index in [-0.39, 0.29) is 12.5 Å². The number of non-ortho nitro benzene ring substituents is 1. The van der Waals surface area contributed by atoms with Crippen LogP contribution in [0.5, 0.6) is 11.5 Å². The van der Waals surface area contributed by atoms with Crippen LogP contribution in [-0.4, -0.2) is 52.8 Å². The van der Waals surface area contributed by atoms with Crippen molar-refractivity contribution in [2.45, 2.75) is 6.54 Å². The van der Waals surface area contributed by atoms with E-state index in [1.165, 1.54) is 23.8 Å². The van der Waals surface area contributed by atoms with E-state index in [0.29, 0.717) is 15.8 Å². The molecule has 0 amide bonds. The number of thiocarbonyl (C=S) groups is 1. The van der Waals surface area contributed by atoms with E-state index in [1.807, 2.05) is 17.0 Å². The molecule has 0 aromatic heterocycles. The zero-order valence-corrected chi connectivity index (χ0v) is 17.0. The van der Waals surface area contributed by atoms with E-state index in [0.717, 1.165) is 44.2 Å². The third-order valence-electron chi connectivity index (χ3n) is 4.91. The summed E-state index contributed by atoms with van der Waals surface area (Å²) >= 11 is 11.6. The number of benzene rings is 2. The summed E-state index contributed by atoms with van der Waals surface area (Å²) in [4.78, 5) is 14.9. The molecule has 0 aliphatic carbocycles. The second kappa shape index (κ2) is 8.40. The van der Waals surface area contributed by atoms with Gasteiger partial charge in [-0.3, -0.25) is 15.0 Å². The normalized spacial score (nSPS) is 16.0. The maximum absolute atomic E-state index is 11.0. The van der Waals surface area contributed by atoms with Crippen LogP contribution in [0.3, 0.4) is 0 Å². The van der Waals surface area contributed by atoms with Gasteiger partial charge in [0.05, 0.1) is 15.6 Å². The Balaban J connectivity index is 1.32. The highest BCUT2D eigenvalue weighted by Gasteiger charge is 2.21. The first-order chi connectivity index (χ1) is 14.0. The molecule has 0 bridgehead atoms. The first kappa shape index (κ1) is 19.7. The number of piperazine rings is 1. The van der Waals surface area contributed by atoms with Gasteiger partial charge in [-0.25, -0.2) is 0 Å². The third kappa shape index (κ3) is 4.52. The average molecular weight is 435 g/mol. The molecule has 4 rings (SSSR count). The molecule has 152 valence electrons. The van der Waals surface area contributed by atoms with Crippen molar-refractivity contribution in [1.29, 1.82) is 0 Å². The lowest BCUT2D eigenvalue weighted by atomic mass is 10.1. The summed E-state index contributed by atoms with van der Waals surface area (Å²) in [5.41, 5.74) is 1.58. The van der Waals surface area contributed by atoms with Crippen molar-refractivity contribution in [3.63, 3.8) is 0 Å². The van der Waals surface area contributed by atoms with Crippen LogP contribution in [0.4, 0.5) is 11.4 Å². The molecular weight excluding hydrogens is 416 g/mol. The number of nitro groups is 1. The van der Waals surface area contributed by atoms with E-state index in [1.54, 1.807) is 0 Å². The van der Waals surface area contributed by atoms with Gasteiger partial charge in [0, 0.05) is 44.9 Å². The number of hydrogen-bond donors (Lipinski definition) is 1. The number of nitro benzene ring substituents is 1. The third-order valence-corrected chi connectivity index (χ3v) is 5.59. The maximum Gasteiger partial charge on any atom is 0.271 e. The van der Waals surface area contributed by atoms with Crippen molar-refractivity contribution in [3.05, 3.63) is 57.1 Å². The molecule has 2 aromatic carbocycles. The zero-order valence-electron chi connectivity index (χ0n) is 15.5. The molecule has 8 nitrogen and oxygen atoms in total. The lowest BCUT2D eigenvalue weighted by Gasteiger charge is -2.36. The summed E-state index contributed by atoms with van der Waals surface area (Å²) in [7, 11) is 0. The first-order valence-electron chi connectivity index (χ1n) is 9.10. The van der Waals surface area contributed by atoms with Crippen molar-refractivity contribution < 1.29 is 14.4 Å². The highest BCUT2D eigenvalue weighted by Crippen LogP contribution is 2.33. The van der Waals surface area contributed by atoms with Crippen LogP contribution in [0.15, 0.2) is 36.4 Å². The fourth-order valence-corrected chi connectivity index (χ4v) is 3.78. The Labute approximate surface area is 178 Å². The lowest BCUT2D eigenvalue weighted by molar-refractivity contribution is -0.384. The molecule has 29 heavy (non-hydrogen) atoms. The molecule has 10 heteroatoms. The summed E-state index contributed by atoms with van der Waals surface area (Å²) in [6.45, 7) is 4.29. The Morgan fingerprint density at radius 3 is 2.66 bits per heavy atom. The Morgan fingerprint density at radius 1 is 1.14 bits per heavy atom. The number of ether oxygens (including phenoxy) is 2. The van der Waals surface area contributed by atoms with Gasteiger partial charge in [-0.2, -0.15) is 0 Å². The minimum absolute atomic E-state index is 0.0340. The standard InChI is InChI=1S/C19H19ClN4O4S/c20-15-3-2-14(24(25)26)10-16(15)21-19(29)23-7-5-22(6-8-23)11-13-1-4-17-18(9-13)28-12-27-17/h1-4,9-10H,5-8,11-12H2,(H,21,29). The minimum Gasteiger partial charge on any atom is -0.454 e. The van der Waals surface area contributed by atoms with Crippen LogP contribution in [-0.2, 0) is 6.54 Å². The number of nitrogens with zero attached hydrogens (tertiary/aromatic N) is 3. The first-order valence-corrected chi connectivity index (χ1v) is 9.89. The van der Waals surface area contributed by atoms with Gasteiger partial charge in [0.2, 0.25) is 6.79 Å². The molecule has 2 aliphatic heterocycles. The lowest BCUT2D eigenvalue weighted by Crippen LogP contribution is -2.49. The van der Waals surface area contributed by atoms with E-state index >= 15 is 0 Å². The quantitative estimate of drug-likeness (QED) is 0.445. The molecule has 0 spiro atoms. The molecule has 1 saturated heterocycles. The van der Waals surface area contributed by atoms with Gasteiger partial charge in [-0.05, 0) is 36.0 Å². The van der Waals surface area contributed by atoms with Crippen LogP contribution >= 0.6 is 23.8 Å². The van der Waals surface area contributed by atoms with Gasteiger partial charge in [-0.15, -0.1) is 0 Å². The molecule has 2 aromatic rings. The summed E-state index contributed by atoms with van der Waals surface area (Å²) < 4.78 is 10.8. The van der Waals surface area contributed by atoms with Crippen LogP contribution in [0, 0.1) is 10.1 Å². The molecule has 2 heterocycles. The van der Waals surface area contributed by atoms with Gasteiger partial charge in [-0.1, -0.05) is 17.7 Å². The van der Waals surface area contributed by atoms with Crippen molar-refractivity contribution >= 4 is 40.3 Å². The summed E-state index contributed by atoms with van der Waals surface area (Å²) in [5.74, 6) is 1.58. The maximum atomic E-state index is 11.0. The predicted octanol–water partition coefficient (Wildman–Crippen LogP) is 3.49. The summed E-state index contributed by atoms with van der Waals surface area (Å²) in [6, 6.07) is 10.3. The fraction of sp³-hybridized carbons (Fsp3) is 0.316. The Kier molecular flexibility index (Phi) is 5.70. The Morgan fingerprint density at radius 2 is 1.90 bits per heavy atom. The number of halogens is 1. The minimum atomic E-state index is -0.459. The molecular formula is C19H19ClN4O4S. The van der Waals surface area contributed by atoms with E-state index in [2.05, 4.69) is 16.3 Å². The molecule has 0 unspecified atom stereocenters. The van der Waals surface area contributed by atoms with Crippen molar-refractivity contribution in [2.24, 2.45) is 0 Å². The second-order valence-corrected chi connectivity index (χ2v) is 7.60.